The molecule has 0 amide bonds. The average Bonchev–Trinajstić information content (AvgIpc) is 3.27. The maximum Gasteiger partial charge on any atom is 0.211 e. The molecule has 1 aliphatic heterocycles. The minimum absolute atomic E-state index is 0.221. The van der Waals surface area contributed by atoms with Crippen molar-refractivity contribution in [3.63, 3.8) is 0 Å². The van der Waals surface area contributed by atoms with Crippen LogP contribution in [-0.4, -0.2) is 42.5 Å². The topological polar surface area (TPSA) is 62.5 Å². The van der Waals surface area contributed by atoms with Gasteiger partial charge in [-0.2, -0.15) is 0 Å². The van der Waals surface area contributed by atoms with E-state index >= 15 is 0 Å². The van der Waals surface area contributed by atoms with Gasteiger partial charge in [0.25, 0.3) is 0 Å². The molecule has 154 valence electrons. The number of nitrogens with one attached hydrogen (secondary N) is 1. The third-order valence-corrected chi connectivity index (χ3v) is 8.37. The second-order valence-corrected chi connectivity index (χ2v) is 11.5. The summed E-state index contributed by atoms with van der Waals surface area (Å²) in [6.45, 7) is 12.3. The lowest BCUT2D eigenvalue weighted by atomic mass is 9.74. The molecule has 28 heavy (non-hydrogen) atoms. The first-order valence-electron chi connectivity index (χ1n) is 10.4. The van der Waals surface area contributed by atoms with Crippen molar-refractivity contribution in [3.05, 3.63) is 23.7 Å². The molecule has 2 atom stereocenters. The van der Waals surface area contributed by atoms with Crippen molar-refractivity contribution >= 4 is 22.6 Å². The molecule has 7 heteroatoms. The number of rotatable bonds is 3. The van der Waals surface area contributed by atoms with Crippen LogP contribution < -0.4 is 9.62 Å². The van der Waals surface area contributed by atoms with E-state index in [1.165, 1.54) is 12.8 Å². The fourth-order valence-corrected chi connectivity index (χ4v) is 5.77. The first kappa shape index (κ1) is 19.8. The summed E-state index contributed by atoms with van der Waals surface area (Å²) < 4.78 is 18.1. The zero-order chi connectivity index (χ0) is 20.1. The van der Waals surface area contributed by atoms with Gasteiger partial charge in [-0.05, 0) is 65.7 Å². The predicted molar refractivity (Wildman–Crippen MR) is 115 cm³/mol. The molecule has 0 radical (unpaired) electrons. The van der Waals surface area contributed by atoms with Gasteiger partial charge in [0.1, 0.15) is 5.65 Å². The zero-order valence-corrected chi connectivity index (χ0v) is 18.6. The van der Waals surface area contributed by atoms with Crippen LogP contribution in [0.5, 0.6) is 0 Å². The summed E-state index contributed by atoms with van der Waals surface area (Å²) >= 11 is 0. The average molecular weight is 404 g/mol. The van der Waals surface area contributed by atoms with Crippen molar-refractivity contribution in [1.29, 1.82) is 0 Å². The molecule has 0 bridgehead atoms. The number of fused-ring (bicyclic) bond motifs is 1. The molecule has 1 spiro atoms. The van der Waals surface area contributed by atoms with E-state index in [4.69, 9.17) is 4.98 Å². The molecule has 1 saturated heterocycles. The number of imidazole rings is 1. The fourth-order valence-electron chi connectivity index (χ4n) is 4.79. The number of hydrogen-bond donors (Lipinski definition) is 1. The molecule has 0 aromatic carbocycles. The van der Waals surface area contributed by atoms with Gasteiger partial charge in [0.05, 0.1) is 15.7 Å². The minimum atomic E-state index is -1.01. The Morgan fingerprint density at radius 2 is 1.93 bits per heavy atom. The maximum atomic E-state index is 12.7. The van der Waals surface area contributed by atoms with Crippen molar-refractivity contribution in [2.75, 3.05) is 18.0 Å². The molecule has 1 N–H and O–H groups in total. The van der Waals surface area contributed by atoms with Crippen LogP contribution in [0.25, 0.3) is 5.65 Å². The van der Waals surface area contributed by atoms with Gasteiger partial charge in [0.15, 0.2) is 0 Å². The summed E-state index contributed by atoms with van der Waals surface area (Å²) in [4.78, 5) is 11.8. The van der Waals surface area contributed by atoms with E-state index in [1.807, 2.05) is 33.2 Å². The molecular formula is C21H33N5OS. The Morgan fingerprint density at radius 1 is 1.21 bits per heavy atom. The lowest BCUT2D eigenvalue weighted by Crippen LogP contribution is -2.51. The van der Waals surface area contributed by atoms with E-state index in [1.54, 1.807) is 0 Å². The third kappa shape index (κ3) is 3.36. The number of anilines is 1. The number of aryl methyl sites for hydroxylation is 2. The number of nitrogens with zero attached hydrogens (tertiary/aromatic N) is 4. The van der Waals surface area contributed by atoms with Gasteiger partial charge < -0.3 is 4.90 Å². The third-order valence-electron chi connectivity index (χ3n) is 6.76. The summed E-state index contributed by atoms with van der Waals surface area (Å²) in [5.74, 6) is 1.01. The maximum absolute atomic E-state index is 12.7. The summed E-state index contributed by atoms with van der Waals surface area (Å²) in [6.07, 6.45) is 9.72. The second-order valence-electron chi connectivity index (χ2n) is 9.54. The van der Waals surface area contributed by atoms with Crippen molar-refractivity contribution in [3.8, 4) is 0 Å². The molecule has 4 rings (SSSR count). The summed E-state index contributed by atoms with van der Waals surface area (Å²) in [7, 11) is -1.01. The first-order chi connectivity index (χ1) is 13.2. The SMILES string of the molecule is Cc1nc(N2CCC3(CCC[C@H]3N[S@](=O)C(C)(C)C)CC2)n2ccnc2c1C. The molecule has 2 aromatic heterocycles. The van der Waals surface area contributed by atoms with Gasteiger partial charge in [-0.3, -0.25) is 4.40 Å². The standard InChI is InChI=1S/C21H33N5OS/c1-15-16(2)23-19(26-14-11-22-18(15)26)25-12-9-21(10-13-25)8-6-7-17(21)24-28(27)20(3,4)5/h11,14,17,24H,6-10,12-13H2,1-5H3/t17-,28-/m1/s1. The largest absolute Gasteiger partial charge is 0.342 e. The molecule has 1 saturated carbocycles. The minimum Gasteiger partial charge on any atom is -0.342 e. The van der Waals surface area contributed by atoms with Crippen LogP contribution in [0.2, 0.25) is 0 Å². The lowest BCUT2D eigenvalue weighted by molar-refractivity contribution is 0.187. The van der Waals surface area contributed by atoms with Crippen LogP contribution >= 0.6 is 0 Å². The van der Waals surface area contributed by atoms with Crippen LogP contribution in [0.3, 0.4) is 0 Å². The van der Waals surface area contributed by atoms with Gasteiger partial charge in [0.2, 0.25) is 5.95 Å². The van der Waals surface area contributed by atoms with Crippen molar-refractivity contribution in [2.24, 2.45) is 5.41 Å². The molecular weight excluding hydrogens is 370 g/mol. The second kappa shape index (κ2) is 7.10. The Bertz CT molecular complexity index is 892. The molecule has 2 aliphatic rings. The van der Waals surface area contributed by atoms with Gasteiger partial charge in [0, 0.05) is 42.8 Å². The highest BCUT2D eigenvalue weighted by atomic mass is 32.2. The van der Waals surface area contributed by atoms with E-state index in [-0.39, 0.29) is 10.2 Å². The summed E-state index contributed by atoms with van der Waals surface area (Å²) in [5, 5.41) is 0. The smallest absolute Gasteiger partial charge is 0.211 e. The van der Waals surface area contributed by atoms with Crippen LogP contribution in [-0.2, 0) is 11.0 Å². The van der Waals surface area contributed by atoms with E-state index in [2.05, 4.69) is 32.9 Å². The monoisotopic (exact) mass is 403 g/mol. The van der Waals surface area contributed by atoms with Gasteiger partial charge >= 0.3 is 0 Å². The van der Waals surface area contributed by atoms with Crippen molar-refractivity contribution < 1.29 is 4.21 Å². The Labute approximate surface area is 170 Å². The van der Waals surface area contributed by atoms with Gasteiger partial charge in [-0.15, -0.1) is 0 Å². The molecule has 2 fully saturated rings. The van der Waals surface area contributed by atoms with Crippen LogP contribution in [0.1, 0.15) is 64.1 Å². The molecule has 1 aliphatic carbocycles. The van der Waals surface area contributed by atoms with Gasteiger partial charge in [-0.1, -0.05) is 6.42 Å². The highest BCUT2D eigenvalue weighted by molar-refractivity contribution is 7.84. The highest BCUT2D eigenvalue weighted by Gasteiger charge is 2.46. The predicted octanol–water partition coefficient (Wildman–Crippen LogP) is 3.54. The lowest BCUT2D eigenvalue weighted by Gasteiger charge is -2.44. The Hall–Kier alpha value is -1.47. The van der Waals surface area contributed by atoms with Crippen LogP contribution in [0, 0.1) is 19.3 Å². The summed E-state index contributed by atoms with van der Waals surface area (Å²) in [6, 6.07) is 0.357. The van der Waals surface area contributed by atoms with E-state index in [0.717, 1.165) is 55.2 Å². The van der Waals surface area contributed by atoms with E-state index in [0.29, 0.717) is 6.04 Å². The van der Waals surface area contributed by atoms with Crippen LogP contribution in [0.15, 0.2) is 12.4 Å². The summed E-state index contributed by atoms with van der Waals surface area (Å²) in [5.41, 5.74) is 3.47. The van der Waals surface area contributed by atoms with Crippen molar-refractivity contribution in [1.82, 2.24) is 19.1 Å². The van der Waals surface area contributed by atoms with Gasteiger partial charge in [-0.25, -0.2) is 18.9 Å². The Kier molecular flexibility index (Phi) is 5.02. The quantitative estimate of drug-likeness (QED) is 0.851. The molecule has 0 unspecified atom stereocenters. The number of piperidine rings is 1. The molecule has 2 aromatic rings. The zero-order valence-electron chi connectivity index (χ0n) is 17.8. The highest BCUT2D eigenvalue weighted by Crippen LogP contribution is 2.47. The molecule has 6 nitrogen and oxygen atoms in total. The number of aromatic nitrogens is 3. The van der Waals surface area contributed by atoms with E-state index in [9.17, 15) is 4.21 Å². The Morgan fingerprint density at radius 3 is 2.61 bits per heavy atom. The van der Waals surface area contributed by atoms with E-state index < -0.39 is 11.0 Å². The first-order valence-corrected chi connectivity index (χ1v) is 11.6. The number of hydrogen-bond acceptors (Lipinski definition) is 4. The fraction of sp³-hybridized carbons (Fsp3) is 0.714. The van der Waals surface area contributed by atoms with Crippen LogP contribution in [0.4, 0.5) is 5.95 Å². The molecule has 3 heterocycles. The normalized spacial score (nSPS) is 23.6. The van der Waals surface area contributed by atoms with Crippen molar-refractivity contribution in [2.45, 2.75) is 77.5 Å². The Balaban J connectivity index is 1.53.